The summed E-state index contributed by atoms with van der Waals surface area (Å²) >= 11 is 1.22. The fraction of sp³-hybridized carbons (Fsp3) is 0.0714. The van der Waals surface area contributed by atoms with Crippen LogP contribution in [-0.2, 0) is 0 Å². The number of anilines is 1. The van der Waals surface area contributed by atoms with Crippen LogP contribution < -0.4 is 5.32 Å². The third-order valence-electron chi connectivity index (χ3n) is 2.32. The first-order valence-electron chi connectivity index (χ1n) is 5.35. The lowest BCUT2D eigenvalue weighted by atomic mass is 10.2. The molecule has 0 aliphatic rings. The van der Waals surface area contributed by atoms with Gasteiger partial charge in [-0.3, -0.25) is 4.79 Å². The second-order valence-corrected chi connectivity index (χ2v) is 4.66. The van der Waals surface area contributed by atoms with Crippen molar-refractivity contribution in [2.24, 2.45) is 0 Å². The highest BCUT2D eigenvalue weighted by molar-refractivity contribution is 8.14. The van der Waals surface area contributed by atoms with Crippen molar-refractivity contribution in [2.45, 2.75) is 11.8 Å². The molecule has 0 atom stereocenters. The van der Waals surface area contributed by atoms with E-state index < -0.39 is 0 Å². The zero-order valence-corrected chi connectivity index (χ0v) is 10.3. The molecular weight excluding hydrogens is 230 g/mol. The van der Waals surface area contributed by atoms with Gasteiger partial charge >= 0.3 is 0 Å². The van der Waals surface area contributed by atoms with Crippen LogP contribution in [0, 0.1) is 6.92 Å². The second kappa shape index (κ2) is 5.55. The summed E-state index contributed by atoms with van der Waals surface area (Å²) in [6.45, 7) is 2.00. The lowest BCUT2D eigenvalue weighted by Gasteiger charge is -2.06. The molecule has 0 fully saturated rings. The van der Waals surface area contributed by atoms with Crippen LogP contribution in [0.3, 0.4) is 0 Å². The molecule has 0 bridgehead atoms. The largest absolute Gasteiger partial charge is 0.317 e. The summed E-state index contributed by atoms with van der Waals surface area (Å²) in [7, 11) is 0. The zero-order chi connectivity index (χ0) is 12.1. The van der Waals surface area contributed by atoms with E-state index in [-0.39, 0.29) is 5.24 Å². The van der Waals surface area contributed by atoms with Gasteiger partial charge in [0.1, 0.15) is 0 Å². The predicted octanol–water partition coefficient (Wildman–Crippen LogP) is 4.32. The van der Waals surface area contributed by atoms with Crippen molar-refractivity contribution in [3.63, 3.8) is 0 Å². The molecule has 0 saturated carbocycles. The van der Waals surface area contributed by atoms with Crippen molar-refractivity contribution in [3.05, 3.63) is 60.2 Å². The van der Waals surface area contributed by atoms with Crippen LogP contribution >= 0.6 is 11.8 Å². The molecule has 1 N–H and O–H groups in total. The van der Waals surface area contributed by atoms with Crippen LogP contribution in [0.1, 0.15) is 5.56 Å². The molecule has 0 unspecified atom stereocenters. The van der Waals surface area contributed by atoms with Crippen molar-refractivity contribution in [1.82, 2.24) is 0 Å². The van der Waals surface area contributed by atoms with Crippen LogP contribution in [-0.4, -0.2) is 5.24 Å². The first kappa shape index (κ1) is 11.7. The summed E-state index contributed by atoms with van der Waals surface area (Å²) in [5.74, 6) is 0. The average Bonchev–Trinajstić information content (AvgIpc) is 2.33. The van der Waals surface area contributed by atoms with Gasteiger partial charge in [0.25, 0.3) is 5.24 Å². The van der Waals surface area contributed by atoms with Crippen molar-refractivity contribution in [1.29, 1.82) is 0 Å². The number of aryl methyl sites for hydroxylation is 1. The Morgan fingerprint density at radius 3 is 2.35 bits per heavy atom. The summed E-state index contributed by atoms with van der Waals surface area (Å²) < 4.78 is 0. The van der Waals surface area contributed by atoms with E-state index in [0.717, 1.165) is 16.1 Å². The minimum atomic E-state index is -0.0644. The van der Waals surface area contributed by atoms with Gasteiger partial charge in [-0.25, -0.2) is 0 Å². The summed E-state index contributed by atoms with van der Waals surface area (Å²) in [6.07, 6.45) is 0. The molecule has 0 spiro atoms. The number of para-hydroxylation sites is 1. The molecule has 17 heavy (non-hydrogen) atoms. The average molecular weight is 243 g/mol. The molecule has 3 heteroatoms. The maximum absolute atomic E-state index is 11.8. The fourth-order valence-corrected chi connectivity index (χ4v) is 2.18. The van der Waals surface area contributed by atoms with Gasteiger partial charge in [0, 0.05) is 10.6 Å². The topological polar surface area (TPSA) is 29.1 Å². The van der Waals surface area contributed by atoms with E-state index in [1.807, 2.05) is 61.5 Å². The Balaban J connectivity index is 2.01. The molecule has 0 saturated heterocycles. The number of thioether (sulfide) groups is 1. The Morgan fingerprint density at radius 2 is 1.65 bits per heavy atom. The third-order valence-corrected chi connectivity index (χ3v) is 3.28. The molecule has 2 aromatic carbocycles. The highest BCUT2D eigenvalue weighted by Gasteiger charge is 2.06. The third kappa shape index (κ3) is 3.36. The van der Waals surface area contributed by atoms with Gasteiger partial charge in [-0.05, 0) is 42.4 Å². The number of carbonyl (C=O) groups is 1. The Morgan fingerprint density at radius 1 is 1.00 bits per heavy atom. The van der Waals surface area contributed by atoms with E-state index in [0.29, 0.717) is 0 Å². The fourth-order valence-electron chi connectivity index (χ4n) is 1.44. The van der Waals surface area contributed by atoms with Crippen LogP contribution in [0.25, 0.3) is 0 Å². The second-order valence-electron chi connectivity index (χ2n) is 3.65. The molecule has 2 aromatic rings. The summed E-state index contributed by atoms with van der Waals surface area (Å²) in [5.41, 5.74) is 1.93. The Bertz CT molecular complexity index is 511. The standard InChI is InChI=1S/C14H13NOS/c1-11-7-5-6-10-13(11)17-14(16)15-12-8-3-2-4-9-12/h2-10H,1H3,(H,15,16). The normalized spacial score (nSPS) is 9.94. The molecular formula is C14H13NOS. The molecule has 0 aliphatic heterocycles. The van der Waals surface area contributed by atoms with E-state index in [1.54, 1.807) is 0 Å². The lowest BCUT2D eigenvalue weighted by Crippen LogP contribution is -2.04. The van der Waals surface area contributed by atoms with Crippen LogP contribution in [0.2, 0.25) is 0 Å². The summed E-state index contributed by atoms with van der Waals surface area (Å²) in [4.78, 5) is 12.8. The maximum atomic E-state index is 11.8. The number of rotatable bonds is 2. The molecule has 86 valence electrons. The van der Waals surface area contributed by atoms with Crippen LogP contribution in [0.4, 0.5) is 10.5 Å². The van der Waals surface area contributed by atoms with Gasteiger partial charge in [0.05, 0.1) is 0 Å². The molecule has 0 aliphatic carbocycles. The molecule has 0 heterocycles. The molecule has 2 nitrogen and oxygen atoms in total. The van der Waals surface area contributed by atoms with Gasteiger partial charge in [-0.15, -0.1) is 0 Å². The highest BCUT2D eigenvalue weighted by atomic mass is 32.2. The molecule has 0 aromatic heterocycles. The number of hydrogen-bond donors (Lipinski definition) is 1. The number of hydrogen-bond acceptors (Lipinski definition) is 2. The monoisotopic (exact) mass is 243 g/mol. The van der Waals surface area contributed by atoms with E-state index >= 15 is 0 Å². The number of carbonyl (C=O) groups excluding carboxylic acids is 1. The van der Waals surface area contributed by atoms with Gasteiger partial charge in [-0.1, -0.05) is 36.4 Å². The van der Waals surface area contributed by atoms with Gasteiger partial charge in [0.15, 0.2) is 0 Å². The predicted molar refractivity (Wildman–Crippen MR) is 72.5 cm³/mol. The van der Waals surface area contributed by atoms with E-state index in [9.17, 15) is 4.79 Å². The number of nitrogens with one attached hydrogen (secondary N) is 1. The van der Waals surface area contributed by atoms with Crippen molar-refractivity contribution in [3.8, 4) is 0 Å². The van der Waals surface area contributed by atoms with E-state index in [2.05, 4.69) is 5.32 Å². The Kier molecular flexibility index (Phi) is 3.83. The molecule has 0 radical (unpaired) electrons. The van der Waals surface area contributed by atoms with Gasteiger partial charge in [-0.2, -0.15) is 0 Å². The summed E-state index contributed by atoms with van der Waals surface area (Å²) in [5, 5.41) is 2.78. The van der Waals surface area contributed by atoms with E-state index in [1.165, 1.54) is 11.8 Å². The lowest BCUT2D eigenvalue weighted by molar-refractivity contribution is 0.270. The van der Waals surface area contributed by atoms with Gasteiger partial charge in [0.2, 0.25) is 0 Å². The Hall–Kier alpha value is -1.74. The van der Waals surface area contributed by atoms with Crippen molar-refractivity contribution < 1.29 is 4.79 Å². The van der Waals surface area contributed by atoms with Crippen molar-refractivity contribution >= 4 is 22.7 Å². The van der Waals surface area contributed by atoms with E-state index in [4.69, 9.17) is 0 Å². The molecule has 1 amide bonds. The minimum absolute atomic E-state index is 0.0644. The zero-order valence-electron chi connectivity index (χ0n) is 9.51. The number of amides is 1. The first-order chi connectivity index (χ1) is 8.25. The smallest absolute Gasteiger partial charge is 0.288 e. The van der Waals surface area contributed by atoms with Crippen LogP contribution in [0.15, 0.2) is 59.5 Å². The summed E-state index contributed by atoms with van der Waals surface area (Å²) in [6, 6.07) is 17.3. The van der Waals surface area contributed by atoms with Crippen molar-refractivity contribution in [2.75, 3.05) is 5.32 Å². The quantitative estimate of drug-likeness (QED) is 0.796. The molecule has 2 rings (SSSR count). The minimum Gasteiger partial charge on any atom is -0.317 e. The highest BCUT2D eigenvalue weighted by Crippen LogP contribution is 2.23. The van der Waals surface area contributed by atoms with Gasteiger partial charge < -0.3 is 5.32 Å². The Labute approximate surface area is 105 Å². The number of benzene rings is 2. The van der Waals surface area contributed by atoms with Crippen LogP contribution in [0.5, 0.6) is 0 Å². The SMILES string of the molecule is Cc1ccccc1SC(=O)Nc1ccccc1. The maximum Gasteiger partial charge on any atom is 0.288 e. The first-order valence-corrected chi connectivity index (χ1v) is 6.17.